The van der Waals surface area contributed by atoms with Crippen molar-refractivity contribution in [2.75, 3.05) is 12.3 Å². The smallest absolute Gasteiger partial charge is 0.0316 e. The molecule has 0 heterocycles. The molecule has 0 fully saturated rings. The summed E-state index contributed by atoms with van der Waals surface area (Å²) in [6.07, 6.45) is 1.00. The molecule has 3 aromatic rings. The van der Waals surface area contributed by atoms with Crippen LogP contribution >= 0.6 is 0 Å². The van der Waals surface area contributed by atoms with Gasteiger partial charge in [-0.15, -0.1) is 0 Å². The fourth-order valence-electron chi connectivity index (χ4n) is 2.93. The molecule has 0 spiro atoms. The van der Waals surface area contributed by atoms with Crippen LogP contribution in [0.25, 0.3) is 0 Å². The van der Waals surface area contributed by atoms with Gasteiger partial charge in [0.2, 0.25) is 0 Å². The highest BCUT2D eigenvalue weighted by atomic mass is 15.1. The van der Waals surface area contributed by atoms with E-state index in [9.17, 15) is 0 Å². The molecule has 0 aliphatic carbocycles. The molecule has 0 aliphatic heterocycles. The highest BCUT2D eigenvalue weighted by Crippen LogP contribution is 2.13. The van der Waals surface area contributed by atoms with Crippen molar-refractivity contribution in [1.29, 1.82) is 0 Å². The molecule has 24 heavy (non-hydrogen) atoms. The van der Waals surface area contributed by atoms with E-state index in [0.717, 1.165) is 31.7 Å². The summed E-state index contributed by atoms with van der Waals surface area (Å²) in [5, 5.41) is 0. The minimum absolute atomic E-state index is 0.838. The van der Waals surface area contributed by atoms with Crippen LogP contribution in [0.2, 0.25) is 0 Å². The van der Waals surface area contributed by atoms with E-state index in [2.05, 4.69) is 77.7 Å². The van der Waals surface area contributed by atoms with Crippen LogP contribution in [0.4, 0.5) is 5.69 Å². The Morgan fingerprint density at radius 2 is 1.17 bits per heavy atom. The third-order valence-electron chi connectivity index (χ3n) is 4.17. The van der Waals surface area contributed by atoms with Gasteiger partial charge in [-0.3, -0.25) is 4.90 Å². The molecule has 2 nitrogen and oxygen atoms in total. The Hall–Kier alpha value is -2.58. The third-order valence-corrected chi connectivity index (χ3v) is 4.17. The maximum absolute atomic E-state index is 5.90. The van der Waals surface area contributed by atoms with E-state index in [1.165, 1.54) is 16.7 Å². The van der Waals surface area contributed by atoms with Gasteiger partial charge in [-0.05, 0) is 35.2 Å². The van der Waals surface area contributed by atoms with Crippen molar-refractivity contribution >= 4 is 5.69 Å². The van der Waals surface area contributed by atoms with Crippen molar-refractivity contribution in [2.45, 2.75) is 19.5 Å². The van der Waals surface area contributed by atoms with Crippen molar-refractivity contribution in [1.82, 2.24) is 4.90 Å². The highest BCUT2D eigenvalue weighted by molar-refractivity contribution is 5.40. The molecule has 3 aromatic carbocycles. The van der Waals surface area contributed by atoms with E-state index in [0.29, 0.717) is 0 Å². The predicted octanol–water partition coefficient (Wildman–Crippen LogP) is 4.51. The average Bonchev–Trinajstić information content (AvgIpc) is 2.62. The Balaban J connectivity index is 1.69. The van der Waals surface area contributed by atoms with Crippen LogP contribution < -0.4 is 5.73 Å². The first kappa shape index (κ1) is 16.3. The second kappa shape index (κ2) is 8.32. The van der Waals surface area contributed by atoms with Gasteiger partial charge in [0.15, 0.2) is 0 Å². The zero-order valence-electron chi connectivity index (χ0n) is 13.9. The van der Waals surface area contributed by atoms with Gasteiger partial charge in [-0.2, -0.15) is 0 Å². The van der Waals surface area contributed by atoms with Crippen LogP contribution in [0.3, 0.4) is 0 Å². The minimum Gasteiger partial charge on any atom is -0.399 e. The van der Waals surface area contributed by atoms with E-state index in [1.807, 2.05) is 12.1 Å². The average molecular weight is 316 g/mol. The number of nitrogens with two attached hydrogens (primary N) is 1. The molecular weight excluding hydrogens is 292 g/mol. The molecule has 2 N–H and O–H groups in total. The number of nitrogens with zero attached hydrogens (tertiary/aromatic N) is 1. The normalized spacial score (nSPS) is 10.9. The van der Waals surface area contributed by atoms with Gasteiger partial charge >= 0.3 is 0 Å². The van der Waals surface area contributed by atoms with Crippen molar-refractivity contribution in [3.05, 3.63) is 102 Å². The lowest BCUT2D eigenvalue weighted by molar-refractivity contribution is 0.260. The Labute approximate surface area is 144 Å². The quantitative estimate of drug-likeness (QED) is 0.650. The van der Waals surface area contributed by atoms with Crippen LogP contribution in [0.1, 0.15) is 16.7 Å². The summed E-state index contributed by atoms with van der Waals surface area (Å²) in [7, 11) is 0. The van der Waals surface area contributed by atoms with Crippen molar-refractivity contribution in [3.8, 4) is 0 Å². The predicted molar refractivity (Wildman–Crippen MR) is 102 cm³/mol. The summed E-state index contributed by atoms with van der Waals surface area (Å²) < 4.78 is 0. The highest BCUT2D eigenvalue weighted by Gasteiger charge is 2.08. The second-order valence-electron chi connectivity index (χ2n) is 6.18. The van der Waals surface area contributed by atoms with Crippen molar-refractivity contribution < 1.29 is 0 Å². The summed E-state index contributed by atoms with van der Waals surface area (Å²) in [6.45, 7) is 2.92. The van der Waals surface area contributed by atoms with Crippen LogP contribution in [0.5, 0.6) is 0 Å². The monoisotopic (exact) mass is 316 g/mol. The molecule has 0 unspecified atom stereocenters. The molecule has 0 atom stereocenters. The van der Waals surface area contributed by atoms with Gasteiger partial charge in [-0.1, -0.05) is 72.8 Å². The van der Waals surface area contributed by atoms with Gasteiger partial charge < -0.3 is 5.73 Å². The Bertz CT molecular complexity index is 697. The Morgan fingerprint density at radius 1 is 0.625 bits per heavy atom. The van der Waals surface area contributed by atoms with Crippen LogP contribution in [0.15, 0.2) is 84.9 Å². The van der Waals surface area contributed by atoms with E-state index < -0.39 is 0 Å². The molecule has 0 aliphatic rings. The number of anilines is 1. The summed E-state index contributed by atoms with van der Waals surface area (Å²) >= 11 is 0. The first-order valence-corrected chi connectivity index (χ1v) is 8.44. The zero-order valence-corrected chi connectivity index (χ0v) is 13.9. The molecule has 122 valence electrons. The first-order valence-electron chi connectivity index (χ1n) is 8.44. The first-order chi connectivity index (χ1) is 11.8. The van der Waals surface area contributed by atoms with Crippen LogP contribution in [-0.4, -0.2) is 11.4 Å². The van der Waals surface area contributed by atoms with Crippen LogP contribution in [0, 0.1) is 0 Å². The summed E-state index contributed by atoms with van der Waals surface area (Å²) in [4.78, 5) is 2.49. The lowest BCUT2D eigenvalue weighted by atomic mass is 10.1. The summed E-state index contributed by atoms with van der Waals surface area (Å²) in [5.74, 6) is 0. The third kappa shape index (κ3) is 4.97. The lowest BCUT2D eigenvalue weighted by Crippen LogP contribution is -2.25. The number of nitrogen functional groups attached to an aromatic ring is 1. The van der Waals surface area contributed by atoms with Crippen LogP contribution in [-0.2, 0) is 19.5 Å². The molecule has 0 aromatic heterocycles. The second-order valence-corrected chi connectivity index (χ2v) is 6.18. The van der Waals surface area contributed by atoms with Crippen molar-refractivity contribution in [3.63, 3.8) is 0 Å². The van der Waals surface area contributed by atoms with E-state index in [1.54, 1.807) is 0 Å². The number of hydrogen-bond donors (Lipinski definition) is 1. The Morgan fingerprint density at radius 3 is 1.71 bits per heavy atom. The van der Waals surface area contributed by atoms with E-state index >= 15 is 0 Å². The number of hydrogen-bond acceptors (Lipinski definition) is 2. The van der Waals surface area contributed by atoms with Gasteiger partial charge in [0.05, 0.1) is 0 Å². The Kier molecular flexibility index (Phi) is 5.65. The molecule has 2 heteroatoms. The van der Waals surface area contributed by atoms with Crippen molar-refractivity contribution in [2.24, 2.45) is 0 Å². The molecule has 0 radical (unpaired) electrons. The van der Waals surface area contributed by atoms with Gasteiger partial charge in [0.1, 0.15) is 0 Å². The van der Waals surface area contributed by atoms with E-state index in [4.69, 9.17) is 5.73 Å². The maximum atomic E-state index is 5.90. The van der Waals surface area contributed by atoms with Gasteiger partial charge in [0, 0.05) is 25.3 Å². The molecule has 0 saturated heterocycles. The number of rotatable bonds is 7. The zero-order chi connectivity index (χ0) is 16.6. The minimum atomic E-state index is 0.838. The molecule has 0 bridgehead atoms. The summed E-state index contributed by atoms with van der Waals surface area (Å²) in [5.41, 5.74) is 10.7. The fourth-order valence-corrected chi connectivity index (χ4v) is 2.93. The van der Waals surface area contributed by atoms with E-state index in [-0.39, 0.29) is 0 Å². The fraction of sp³-hybridized carbons (Fsp3) is 0.182. The largest absolute Gasteiger partial charge is 0.399 e. The van der Waals surface area contributed by atoms with Gasteiger partial charge in [0.25, 0.3) is 0 Å². The SMILES string of the molecule is Nc1cccc(CCN(Cc2ccccc2)Cc2ccccc2)c1. The number of benzene rings is 3. The maximum Gasteiger partial charge on any atom is 0.0316 e. The molecule has 3 rings (SSSR count). The molecule has 0 saturated carbocycles. The lowest BCUT2D eigenvalue weighted by Gasteiger charge is -2.23. The standard InChI is InChI=1S/C22H24N2/c23-22-13-7-12-19(16-22)14-15-24(17-20-8-3-1-4-9-20)18-21-10-5-2-6-11-21/h1-13,16H,14-15,17-18,23H2. The topological polar surface area (TPSA) is 29.3 Å². The van der Waals surface area contributed by atoms with Gasteiger partial charge in [-0.25, -0.2) is 0 Å². The summed E-state index contributed by atoms with van der Waals surface area (Å²) in [6, 6.07) is 29.5. The molecular formula is C22H24N2. The molecule has 0 amide bonds.